The van der Waals surface area contributed by atoms with E-state index in [-0.39, 0.29) is 0 Å². The van der Waals surface area contributed by atoms with E-state index in [2.05, 4.69) is 31.4 Å². The molecule has 1 N–H and O–H groups in total. The van der Waals surface area contributed by atoms with Crippen LogP contribution < -0.4 is 14.9 Å². The molecular weight excluding hydrogens is 510 g/mol. The second kappa shape index (κ2) is 10.6. The smallest absolute Gasteiger partial charge is 0.203 e. The molecule has 0 aliphatic heterocycles. The number of benzene rings is 3. The summed E-state index contributed by atoms with van der Waals surface area (Å²) in [6.07, 6.45) is 1.71. The predicted molar refractivity (Wildman–Crippen MR) is 135 cm³/mol. The lowest BCUT2D eigenvalue weighted by molar-refractivity contribution is 0.284. The van der Waals surface area contributed by atoms with Crippen LogP contribution in [0.3, 0.4) is 0 Å². The van der Waals surface area contributed by atoms with Crippen LogP contribution in [0.25, 0.3) is 11.3 Å². The number of hydrazone groups is 1. The highest BCUT2D eigenvalue weighted by Gasteiger charge is 2.07. The van der Waals surface area contributed by atoms with Gasteiger partial charge in [0.25, 0.3) is 0 Å². The van der Waals surface area contributed by atoms with Gasteiger partial charge in [-0.1, -0.05) is 51.8 Å². The second-order valence-electron chi connectivity index (χ2n) is 6.74. The molecule has 1 aromatic heterocycles. The maximum absolute atomic E-state index is 5.93. The zero-order valence-electron chi connectivity index (χ0n) is 17.1. The summed E-state index contributed by atoms with van der Waals surface area (Å²) in [4.78, 5) is 4.57. The van der Waals surface area contributed by atoms with Gasteiger partial charge in [0.05, 0.1) is 19.0 Å². The number of nitrogens with one attached hydrogen (secondary N) is 1. The largest absolute Gasteiger partial charge is 0.493 e. The summed E-state index contributed by atoms with van der Waals surface area (Å²) in [5.41, 5.74) is 6.84. The molecule has 4 rings (SSSR count). The van der Waals surface area contributed by atoms with Crippen LogP contribution in [0.4, 0.5) is 5.13 Å². The maximum atomic E-state index is 5.93. The molecule has 0 amide bonds. The molecule has 3 aromatic carbocycles. The van der Waals surface area contributed by atoms with Gasteiger partial charge in [0.2, 0.25) is 5.13 Å². The molecular formula is C24H19BrClN3O2S. The zero-order valence-corrected chi connectivity index (χ0v) is 20.2. The first-order valence-corrected chi connectivity index (χ1v) is 11.7. The Hall–Kier alpha value is -2.87. The third-order valence-corrected chi connectivity index (χ3v) is 6.04. The molecule has 32 heavy (non-hydrogen) atoms. The monoisotopic (exact) mass is 527 g/mol. The summed E-state index contributed by atoms with van der Waals surface area (Å²) in [5.74, 6) is 1.29. The van der Waals surface area contributed by atoms with E-state index in [4.69, 9.17) is 21.1 Å². The molecule has 0 aliphatic rings. The Morgan fingerprint density at radius 1 is 1.06 bits per heavy atom. The Bertz CT molecular complexity index is 1210. The van der Waals surface area contributed by atoms with Crippen LogP contribution in [0.15, 0.2) is 81.7 Å². The molecule has 5 nitrogen and oxygen atoms in total. The van der Waals surface area contributed by atoms with Gasteiger partial charge in [-0.15, -0.1) is 11.3 Å². The molecule has 8 heteroatoms. The van der Waals surface area contributed by atoms with E-state index >= 15 is 0 Å². The van der Waals surface area contributed by atoms with Crippen molar-refractivity contribution in [1.82, 2.24) is 4.98 Å². The maximum Gasteiger partial charge on any atom is 0.203 e. The first-order chi connectivity index (χ1) is 15.6. The van der Waals surface area contributed by atoms with Gasteiger partial charge in [0, 0.05) is 20.4 Å². The summed E-state index contributed by atoms with van der Waals surface area (Å²) in [5, 5.41) is 7.71. The number of hydrogen-bond donors (Lipinski definition) is 1. The highest BCUT2D eigenvalue weighted by atomic mass is 79.9. The summed E-state index contributed by atoms with van der Waals surface area (Å²) >= 11 is 10.9. The molecule has 0 saturated heterocycles. The number of nitrogens with zero attached hydrogens (tertiary/aromatic N) is 2. The van der Waals surface area contributed by atoms with E-state index in [0.29, 0.717) is 28.3 Å². The predicted octanol–water partition coefficient (Wildman–Crippen LogP) is 7.26. The molecule has 162 valence electrons. The van der Waals surface area contributed by atoms with Gasteiger partial charge < -0.3 is 9.47 Å². The second-order valence-corrected chi connectivity index (χ2v) is 8.95. The van der Waals surface area contributed by atoms with Crippen LogP contribution in [-0.4, -0.2) is 18.3 Å². The van der Waals surface area contributed by atoms with Gasteiger partial charge in [-0.3, -0.25) is 5.43 Å². The van der Waals surface area contributed by atoms with E-state index in [1.165, 1.54) is 11.3 Å². The molecule has 0 aliphatic carbocycles. The van der Waals surface area contributed by atoms with Gasteiger partial charge in [-0.05, 0) is 53.6 Å². The molecule has 0 atom stereocenters. The van der Waals surface area contributed by atoms with E-state index in [1.807, 2.05) is 72.1 Å². The van der Waals surface area contributed by atoms with Crippen molar-refractivity contribution in [3.8, 4) is 22.8 Å². The number of aromatic nitrogens is 1. The third kappa shape index (κ3) is 5.88. The molecule has 0 unspecified atom stereocenters. The van der Waals surface area contributed by atoms with Crippen LogP contribution in [0.5, 0.6) is 11.5 Å². The van der Waals surface area contributed by atoms with Crippen LogP contribution in [0, 0.1) is 0 Å². The van der Waals surface area contributed by atoms with Gasteiger partial charge in [0.15, 0.2) is 11.5 Å². The molecule has 0 radical (unpaired) electrons. The number of halogens is 2. The Kier molecular flexibility index (Phi) is 7.42. The highest BCUT2D eigenvalue weighted by Crippen LogP contribution is 2.29. The Morgan fingerprint density at radius 2 is 1.84 bits per heavy atom. The third-order valence-electron chi connectivity index (χ3n) is 4.51. The number of rotatable bonds is 8. The van der Waals surface area contributed by atoms with Crippen molar-refractivity contribution in [3.05, 3.63) is 92.7 Å². The summed E-state index contributed by atoms with van der Waals surface area (Å²) < 4.78 is 12.4. The number of methoxy groups -OCH3 is 1. The van der Waals surface area contributed by atoms with Crippen LogP contribution in [-0.2, 0) is 6.61 Å². The van der Waals surface area contributed by atoms with Crippen LogP contribution >= 0.6 is 38.9 Å². The zero-order chi connectivity index (χ0) is 22.3. The topological polar surface area (TPSA) is 55.7 Å². The minimum Gasteiger partial charge on any atom is -0.493 e. The standard InChI is InChI=1S/C24H19BrClN3O2S/c1-30-23-12-17(4-11-22(23)31-14-16-2-9-20(26)10-3-16)13-27-29-24-28-21(15-32-24)18-5-7-19(25)8-6-18/h2-13,15H,14H2,1H3,(H,28,29)/b27-13-. The SMILES string of the molecule is COc1cc(/C=N\Nc2nc(-c3ccc(Br)cc3)cs2)ccc1OCc1ccc(Cl)cc1. The Morgan fingerprint density at radius 3 is 2.59 bits per heavy atom. The fourth-order valence-corrected chi connectivity index (χ4v) is 3.92. The van der Waals surface area contributed by atoms with Crippen LogP contribution in [0.1, 0.15) is 11.1 Å². The van der Waals surface area contributed by atoms with E-state index < -0.39 is 0 Å². The van der Waals surface area contributed by atoms with Crippen molar-refractivity contribution in [2.24, 2.45) is 5.10 Å². The van der Waals surface area contributed by atoms with E-state index in [0.717, 1.165) is 26.9 Å². The number of anilines is 1. The van der Waals surface area contributed by atoms with Crippen molar-refractivity contribution < 1.29 is 9.47 Å². The number of hydrogen-bond acceptors (Lipinski definition) is 6. The van der Waals surface area contributed by atoms with Crippen LogP contribution in [0.2, 0.25) is 5.02 Å². The lowest BCUT2D eigenvalue weighted by Crippen LogP contribution is -1.98. The summed E-state index contributed by atoms with van der Waals surface area (Å²) in [6, 6.07) is 21.2. The van der Waals surface area contributed by atoms with Crippen molar-refractivity contribution in [2.75, 3.05) is 12.5 Å². The Labute approximate surface area is 203 Å². The molecule has 0 saturated carbocycles. The first-order valence-electron chi connectivity index (χ1n) is 9.66. The lowest BCUT2D eigenvalue weighted by Gasteiger charge is -2.11. The molecule has 1 heterocycles. The van der Waals surface area contributed by atoms with E-state index in [1.54, 1.807) is 13.3 Å². The fraction of sp³-hybridized carbons (Fsp3) is 0.0833. The minimum absolute atomic E-state index is 0.424. The van der Waals surface area contributed by atoms with Gasteiger partial charge in [-0.2, -0.15) is 5.10 Å². The normalized spacial score (nSPS) is 11.0. The minimum atomic E-state index is 0.424. The lowest BCUT2D eigenvalue weighted by atomic mass is 10.2. The summed E-state index contributed by atoms with van der Waals surface area (Å²) in [6.45, 7) is 0.424. The molecule has 0 spiro atoms. The van der Waals surface area contributed by atoms with Gasteiger partial charge >= 0.3 is 0 Å². The highest BCUT2D eigenvalue weighted by molar-refractivity contribution is 9.10. The average Bonchev–Trinajstić information content (AvgIpc) is 3.28. The van der Waals surface area contributed by atoms with Crippen molar-refractivity contribution >= 4 is 50.2 Å². The Balaban J connectivity index is 1.37. The fourth-order valence-electron chi connectivity index (χ4n) is 2.87. The molecule has 4 aromatic rings. The number of thiazole rings is 1. The van der Waals surface area contributed by atoms with Crippen molar-refractivity contribution in [1.29, 1.82) is 0 Å². The van der Waals surface area contributed by atoms with Crippen molar-refractivity contribution in [3.63, 3.8) is 0 Å². The summed E-state index contributed by atoms with van der Waals surface area (Å²) in [7, 11) is 1.61. The quantitative estimate of drug-likeness (QED) is 0.193. The molecule has 0 bridgehead atoms. The molecule has 0 fully saturated rings. The van der Waals surface area contributed by atoms with Crippen molar-refractivity contribution in [2.45, 2.75) is 6.61 Å². The first kappa shape index (κ1) is 22.3. The number of ether oxygens (including phenoxy) is 2. The van der Waals surface area contributed by atoms with E-state index in [9.17, 15) is 0 Å². The van der Waals surface area contributed by atoms with Gasteiger partial charge in [0.1, 0.15) is 6.61 Å². The average molecular weight is 529 g/mol. The van der Waals surface area contributed by atoms with Gasteiger partial charge in [-0.25, -0.2) is 4.98 Å².